The fourth-order valence-corrected chi connectivity index (χ4v) is 2.09. The molecular weight excluding hydrogens is 252 g/mol. The lowest BCUT2D eigenvalue weighted by molar-refractivity contribution is -0.355. The molecule has 3 atom stereocenters. The third-order valence-electron chi connectivity index (χ3n) is 3.64. The number of nitrogens with zero attached hydrogens (tertiary/aromatic N) is 1. The van der Waals surface area contributed by atoms with Crippen molar-refractivity contribution in [3.63, 3.8) is 0 Å². The van der Waals surface area contributed by atoms with Gasteiger partial charge < -0.3 is 14.6 Å². The maximum absolute atomic E-state index is 11.8. The summed E-state index contributed by atoms with van der Waals surface area (Å²) >= 11 is 0. The first kappa shape index (κ1) is 12.6. The standard InChI is InChI=1S/C12H16N2O5/c1-6-5-14(11(17)13-8(6)15)9-7(10(16)18-9)19-12(2)3-4-12/h5,7,9-10,16H,3-4H2,1-2H3,(H,13,15,17)/t7-,9-,10?/m1/s1. The molecule has 2 heterocycles. The number of aromatic nitrogens is 2. The lowest BCUT2D eigenvalue weighted by Gasteiger charge is -2.42. The summed E-state index contributed by atoms with van der Waals surface area (Å²) in [5.41, 5.74) is -0.815. The number of hydrogen-bond acceptors (Lipinski definition) is 5. The van der Waals surface area contributed by atoms with E-state index in [9.17, 15) is 14.7 Å². The van der Waals surface area contributed by atoms with Gasteiger partial charge in [-0.15, -0.1) is 0 Å². The molecule has 2 fully saturated rings. The van der Waals surface area contributed by atoms with Crippen molar-refractivity contribution < 1.29 is 14.6 Å². The van der Waals surface area contributed by atoms with Crippen LogP contribution in [0.2, 0.25) is 0 Å². The predicted molar refractivity (Wildman–Crippen MR) is 64.7 cm³/mol. The zero-order chi connectivity index (χ0) is 13.8. The van der Waals surface area contributed by atoms with Gasteiger partial charge in [-0.05, 0) is 26.7 Å². The first-order valence-corrected chi connectivity index (χ1v) is 6.23. The maximum atomic E-state index is 11.8. The van der Waals surface area contributed by atoms with Crippen LogP contribution in [0.1, 0.15) is 31.6 Å². The van der Waals surface area contributed by atoms with Crippen LogP contribution >= 0.6 is 0 Å². The lowest BCUT2D eigenvalue weighted by atomic mass is 10.2. The van der Waals surface area contributed by atoms with Gasteiger partial charge >= 0.3 is 5.69 Å². The summed E-state index contributed by atoms with van der Waals surface area (Å²) in [6.07, 6.45) is 0.960. The Hall–Kier alpha value is -1.44. The normalized spacial score (nSPS) is 31.8. The van der Waals surface area contributed by atoms with E-state index in [1.807, 2.05) is 6.92 Å². The molecule has 1 unspecified atom stereocenters. The molecule has 0 amide bonds. The van der Waals surface area contributed by atoms with Crippen LogP contribution in [-0.2, 0) is 9.47 Å². The van der Waals surface area contributed by atoms with Crippen molar-refractivity contribution in [2.24, 2.45) is 0 Å². The van der Waals surface area contributed by atoms with E-state index in [0.717, 1.165) is 12.8 Å². The molecule has 1 aliphatic carbocycles. The molecule has 7 nitrogen and oxygen atoms in total. The Morgan fingerprint density at radius 3 is 2.79 bits per heavy atom. The Morgan fingerprint density at radius 1 is 1.53 bits per heavy atom. The minimum atomic E-state index is -1.04. The van der Waals surface area contributed by atoms with Gasteiger partial charge in [0.1, 0.15) is 0 Å². The Balaban J connectivity index is 1.88. The summed E-state index contributed by atoms with van der Waals surface area (Å²) in [7, 11) is 0. The average molecular weight is 268 g/mol. The van der Waals surface area contributed by atoms with Crippen molar-refractivity contribution in [2.45, 2.75) is 50.9 Å². The molecule has 1 saturated heterocycles. The highest BCUT2D eigenvalue weighted by molar-refractivity contribution is 5.03. The topological polar surface area (TPSA) is 93.6 Å². The Bertz CT molecular complexity index is 615. The van der Waals surface area contributed by atoms with Gasteiger partial charge in [0.05, 0.1) is 5.60 Å². The van der Waals surface area contributed by atoms with E-state index in [-0.39, 0.29) is 5.60 Å². The van der Waals surface area contributed by atoms with Gasteiger partial charge in [0, 0.05) is 11.8 Å². The molecule has 2 N–H and O–H groups in total. The van der Waals surface area contributed by atoms with E-state index < -0.39 is 29.9 Å². The first-order chi connectivity index (χ1) is 8.89. The molecule has 0 spiro atoms. The average Bonchev–Trinajstić information content (AvgIpc) is 3.07. The van der Waals surface area contributed by atoms with Crippen LogP contribution in [0.4, 0.5) is 0 Å². The number of hydrogen-bond donors (Lipinski definition) is 2. The van der Waals surface area contributed by atoms with Crippen LogP contribution in [0.5, 0.6) is 0 Å². The number of rotatable bonds is 3. The molecule has 0 radical (unpaired) electrons. The fraction of sp³-hybridized carbons (Fsp3) is 0.667. The summed E-state index contributed by atoms with van der Waals surface area (Å²) in [6.45, 7) is 3.55. The largest absolute Gasteiger partial charge is 0.366 e. The van der Waals surface area contributed by atoms with E-state index in [1.54, 1.807) is 6.92 Å². The summed E-state index contributed by atoms with van der Waals surface area (Å²) in [5.74, 6) is 0. The SMILES string of the molecule is Cc1cn([C@@H]2OC(O)[C@@H]2OC2(C)CC2)c(=O)[nH]c1=O. The Labute approximate surface area is 108 Å². The summed E-state index contributed by atoms with van der Waals surface area (Å²) in [4.78, 5) is 25.3. The van der Waals surface area contributed by atoms with E-state index in [1.165, 1.54) is 10.8 Å². The molecule has 1 saturated carbocycles. The Kier molecular flexibility index (Phi) is 2.67. The van der Waals surface area contributed by atoms with Gasteiger partial charge in [-0.25, -0.2) is 4.79 Å². The molecule has 1 aliphatic heterocycles. The van der Waals surface area contributed by atoms with Crippen molar-refractivity contribution in [3.05, 3.63) is 32.6 Å². The predicted octanol–water partition coefficient (Wildman–Crippen LogP) is -0.370. The lowest BCUT2D eigenvalue weighted by Crippen LogP contribution is -2.56. The number of H-pyrrole nitrogens is 1. The quantitative estimate of drug-likeness (QED) is 0.780. The van der Waals surface area contributed by atoms with Crippen LogP contribution in [0.15, 0.2) is 15.8 Å². The fourth-order valence-electron chi connectivity index (χ4n) is 2.09. The molecule has 7 heteroatoms. The number of aliphatic hydroxyl groups excluding tert-OH is 1. The number of ether oxygens (including phenoxy) is 2. The molecule has 2 aliphatic rings. The molecule has 0 aromatic carbocycles. The highest BCUT2D eigenvalue weighted by Crippen LogP contribution is 2.44. The summed E-state index contributed by atoms with van der Waals surface area (Å²) in [5, 5.41) is 9.61. The van der Waals surface area contributed by atoms with Crippen molar-refractivity contribution in [2.75, 3.05) is 0 Å². The minimum Gasteiger partial charge on any atom is -0.366 e. The molecular formula is C12H16N2O5. The van der Waals surface area contributed by atoms with Crippen LogP contribution in [-0.4, -0.2) is 32.7 Å². The van der Waals surface area contributed by atoms with E-state index in [2.05, 4.69) is 4.98 Å². The third-order valence-corrected chi connectivity index (χ3v) is 3.64. The van der Waals surface area contributed by atoms with Gasteiger partial charge in [0.2, 0.25) is 0 Å². The Morgan fingerprint density at radius 2 is 2.21 bits per heavy atom. The van der Waals surface area contributed by atoms with Crippen LogP contribution in [0.3, 0.4) is 0 Å². The molecule has 1 aromatic rings. The molecule has 0 bridgehead atoms. The second kappa shape index (κ2) is 4.03. The van der Waals surface area contributed by atoms with Crippen LogP contribution in [0, 0.1) is 6.92 Å². The highest BCUT2D eigenvalue weighted by Gasteiger charge is 2.51. The van der Waals surface area contributed by atoms with Gasteiger partial charge in [0.15, 0.2) is 18.6 Å². The van der Waals surface area contributed by atoms with Crippen molar-refractivity contribution in [1.82, 2.24) is 9.55 Å². The summed E-state index contributed by atoms with van der Waals surface area (Å²) in [6, 6.07) is 0. The number of nitrogens with one attached hydrogen (secondary N) is 1. The molecule has 1 aromatic heterocycles. The third kappa shape index (κ3) is 2.13. The second-order valence-electron chi connectivity index (χ2n) is 5.43. The zero-order valence-electron chi connectivity index (χ0n) is 10.8. The van der Waals surface area contributed by atoms with E-state index >= 15 is 0 Å². The first-order valence-electron chi connectivity index (χ1n) is 6.23. The summed E-state index contributed by atoms with van der Waals surface area (Å²) < 4.78 is 12.2. The molecule has 19 heavy (non-hydrogen) atoms. The van der Waals surface area contributed by atoms with Crippen molar-refractivity contribution in [3.8, 4) is 0 Å². The maximum Gasteiger partial charge on any atom is 0.330 e. The van der Waals surface area contributed by atoms with Gasteiger partial charge in [-0.1, -0.05) is 0 Å². The number of aromatic amines is 1. The van der Waals surface area contributed by atoms with E-state index in [0.29, 0.717) is 5.56 Å². The number of aryl methyl sites for hydroxylation is 1. The number of aliphatic hydroxyl groups is 1. The smallest absolute Gasteiger partial charge is 0.330 e. The molecule has 3 rings (SSSR count). The van der Waals surface area contributed by atoms with Crippen LogP contribution in [0.25, 0.3) is 0 Å². The minimum absolute atomic E-state index is 0.228. The van der Waals surface area contributed by atoms with Gasteiger partial charge in [-0.3, -0.25) is 14.3 Å². The second-order valence-corrected chi connectivity index (χ2v) is 5.43. The zero-order valence-corrected chi connectivity index (χ0v) is 10.8. The highest BCUT2D eigenvalue weighted by atomic mass is 16.7. The van der Waals surface area contributed by atoms with Crippen LogP contribution < -0.4 is 11.2 Å². The molecule has 104 valence electrons. The van der Waals surface area contributed by atoms with Crippen molar-refractivity contribution in [1.29, 1.82) is 0 Å². The van der Waals surface area contributed by atoms with Gasteiger partial charge in [0.25, 0.3) is 5.56 Å². The monoisotopic (exact) mass is 268 g/mol. The van der Waals surface area contributed by atoms with Gasteiger partial charge in [-0.2, -0.15) is 0 Å². The van der Waals surface area contributed by atoms with E-state index in [4.69, 9.17) is 9.47 Å². The van der Waals surface area contributed by atoms with Crippen molar-refractivity contribution >= 4 is 0 Å².